The van der Waals surface area contributed by atoms with Gasteiger partial charge in [-0.2, -0.15) is 0 Å². The van der Waals surface area contributed by atoms with Crippen molar-refractivity contribution in [2.24, 2.45) is 0 Å². The lowest BCUT2D eigenvalue weighted by molar-refractivity contribution is 0.0771. The smallest absolute Gasteiger partial charge is 0.255 e. The molecular weight excluding hydrogens is 228 g/mol. The Hall–Kier alpha value is -1.49. The molecule has 0 saturated heterocycles. The maximum atomic E-state index is 12.1. The molecule has 16 heavy (non-hydrogen) atoms. The molecule has 0 saturated carbocycles. The van der Waals surface area contributed by atoms with E-state index in [2.05, 4.69) is 0 Å². The van der Waals surface area contributed by atoms with Gasteiger partial charge in [0.2, 0.25) is 9.84 Å². The Morgan fingerprint density at radius 1 is 1.06 bits per heavy atom. The highest BCUT2D eigenvalue weighted by molar-refractivity contribution is 7.95. The Labute approximate surface area is 94.4 Å². The number of rotatable bonds is 2. The average molecular weight is 240 g/mol. The zero-order valence-electron chi connectivity index (χ0n) is 8.84. The lowest BCUT2D eigenvalue weighted by Crippen LogP contribution is -2.18. The van der Waals surface area contributed by atoms with Crippen LogP contribution in [0.25, 0.3) is 0 Å². The van der Waals surface area contributed by atoms with Gasteiger partial charge in [-0.15, -0.1) is 0 Å². The molecule has 0 radical (unpaired) electrons. The number of allylic oxidation sites excluding steroid dienone is 1. The van der Waals surface area contributed by atoms with Crippen LogP contribution in [0.5, 0.6) is 0 Å². The van der Waals surface area contributed by atoms with E-state index < -0.39 is 9.84 Å². The Morgan fingerprint density at radius 3 is 2.31 bits per heavy atom. The van der Waals surface area contributed by atoms with Crippen molar-refractivity contribution < 1.29 is 17.9 Å². The molecule has 0 N–H and O–H groups in total. The third kappa shape index (κ3) is 1.90. The van der Waals surface area contributed by atoms with Gasteiger partial charge in [0.15, 0.2) is 0 Å². The number of hydrogen-bond donors (Lipinski definition) is 0. The van der Waals surface area contributed by atoms with E-state index in [1.165, 1.54) is 12.1 Å². The van der Waals surface area contributed by atoms with Gasteiger partial charge < -0.3 is 9.47 Å². The number of ether oxygens (including phenoxy) is 2. The second-order valence-electron chi connectivity index (χ2n) is 3.36. The molecule has 1 aliphatic rings. The minimum absolute atomic E-state index is 0.0787. The van der Waals surface area contributed by atoms with Crippen molar-refractivity contribution in [3.8, 4) is 0 Å². The lowest BCUT2D eigenvalue weighted by atomic mass is 10.4. The van der Waals surface area contributed by atoms with Gasteiger partial charge in [-0.05, 0) is 19.1 Å². The Morgan fingerprint density at radius 2 is 1.69 bits per heavy atom. The number of hydrogen-bond acceptors (Lipinski definition) is 4. The van der Waals surface area contributed by atoms with E-state index in [-0.39, 0.29) is 16.6 Å². The van der Waals surface area contributed by atoms with E-state index in [4.69, 9.17) is 9.47 Å². The van der Waals surface area contributed by atoms with Gasteiger partial charge in [0.1, 0.15) is 19.0 Å². The van der Waals surface area contributed by atoms with E-state index in [1.54, 1.807) is 25.1 Å². The highest BCUT2D eigenvalue weighted by Crippen LogP contribution is 2.25. The highest BCUT2D eigenvalue weighted by Gasteiger charge is 2.27. The first-order valence-corrected chi connectivity index (χ1v) is 6.37. The van der Waals surface area contributed by atoms with Gasteiger partial charge >= 0.3 is 0 Å². The molecule has 0 bridgehead atoms. The summed E-state index contributed by atoms with van der Waals surface area (Å²) < 4.78 is 34.6. The summed E-state index contributed by atoms with van der Waals surface area (Å²) >= 11 is 0. The summed E-state index contributed by atoms with van der Waals surface area (Å²) in [5, 5.41) is -0.0787. The fourth-order valence-electron chi connectivity index (χ4n) is 1.46. The largest absolute Gasteiger partial charge is 0.490 e. The third-order valence-electron chi connectivity index (χ3n) is 2.22. The molecule has 1 aromatic carbocycles. The fraction of sp³-hybridized carbons (Fsp3) is 0.273. The molecule has 86 valence electrons. The molecule has 4 nitrogen and oxygen atoms in total. The molecule has 1 aliphatic heterocycles. The first-order chi connectivity index (χ1) is 7.62. The van der Waals surface area contributed by atoms with Crippen LogP contribution in [-0.4, -0.2) is 21.6 Å². The number of sulfone groups is 1. The van der Waals surface area contributed by atoms with Crippen LogP contribution in [0, 0.1) is 0 Å². The zero-order chi connectivity index (χ0) is 11.6. The maximum Gasteiger partial charge on any atom is 0.255 e. The van der Waals surface area contributed by atoms with Crippen molar-refractivity contribution in [1.82, 2.24) is 0 Å². The maximum absolute atomic E-state index is 12.1. The molecule has 0 aromatic heterocycles. The van der Waals surface area contributed by atoms with E-state index >= 15 is 0 Å². The van der Waals surface area contributed by atoms with Gasteiger partial charge in [0, 0.05) is 0 Å². The first kappa shape index (κ1) is 11.0. The quantitative estimate of drug-likeness (QED) is 0.789. The SMILES string of the molecule is CC1=C(S(=O)(=O)c2ccccc2)OCCO1. The predicted molar refractivity (Wildman–Crippen MR) is 58.2 cm³/mol. The standard InChI is InChI=1S/C11H12O4S/c1-9-11(15-8-7-14-9)16(12,13)10-5-3-2-4-6-10/h2-6H,7-8H2,1H3. The average Bonchev–Trinajstić information content (AvgIpc) is 2.30. The predicted octanol–water partition coefficient (Wildman–Crippen LogP) is 1.70. The van der Waals surface area contributed by atoms with Crippen molar-refractivity contribution in [3.05, 3.63) is 41.2 Å². The molecule has 0 aliphatic carbocycles. The second-order valence-corrected chi connectivity index (χ2v) is 5.21. The van der Waals surface area contributed by atoms with Crippen LogP contribution in [-0.2, 0) is 19.3 Å². The molecule has 1 heterocycles. The minimum atomic E-state index is -3.58. The van der Waals surface area contributed by atoms with Crippen LogP contribution in [0.2, 0.25) is 0 Å². The first-order valence-electron chi connectivity index (χ1n) is 4.89. The Bertz CT molecular complexity index is 502. The summed E-state index contributed by atoms with van der Waals surface area (Å²) in [6.45, 7) is 2.24. The van der Waals surface area contributed by atoms with Crippen molar-refractivity contribution in [2.45, 2.75) is 11.8 Å². The Kier molecular flexibility index (Phi) is 2.87. The van der Waals surface area contributed by atoms with Crippen LogP contribution in [0.4, 0.5) is 0 Å². The van der Waals surface area contributed by atoms with Crippen molar-refractivity contribution >= 4 is 9.84 Å². The molecule has 0 unspecified atom stereocenters. The topological polar surface area (TPSA) is 52.6 Å². The third-order valence-corrected chi connectivity index (χ3v) is 4.01. The normalized spacial score (nSPS) is 16.6. The van der Waals surface area contributed by atoms with E-state index in [9.17, 15) is 8.42 Å². The van der Waals surface area contributed by atoms with E-state index in [0.29, 0.717) is 12.4 Å². The van der Waals surface area contributed by atoms with Gasteiger partial charge in [0.25, 0.3) is 5.09 Å². The van der Waals surface area contributed by atoms with Crippen LogP contribution in [0.3, 0.4) is 0 Å². The highest BCUT2D eigenvalue weighted by atomic mass is 32.2. The summed E-state index contributed by atoms with van der Waals surface area (Å²) in [5.74, 6) is 0.315. The second kappa shape index (κ2) is 4.17. The van der Waals surface area contributed by atoms with Crippen molar-refractivity contribution in [3.63, 3.8) is 0 Å². The summed E-state index contributed by atoms with van der Waals surface area (Å²) in [7, 11) is -3.58. The summed E-state index contributed by atoms with van der Waals surface area (Å²) in [4.78, 5) is 0.217. The van der Waals surface area contributed by atoms with Crippen LogP contribution in [0.15, 0.2) is 46.1 Å². The summed E-state index contributed by atoms with van der Waals surface area (Å²) in [5.41, 5.74) is 0. The van der Waals surface area contributed by atoms with Gasteiger partial charge in [-0.1, -0.05) is 18.2 Å². The minimum Gasteiger partial charge on any atom is -0.490 e. The Balaban J connectivity index is 2.48. The molecule has 0 fully saturated rings. The molecule has 0 spiro atoms. The molecular formula is C11H12O4S. The van der Waals surface area contributed by atoms with Gasteiger partial charge in [0.05, 0.1) is 4.90 Å². The molecule has 5 heteroatoms. The van der Waals surface area contributed by atoms with Crippen LogP contribution < -0.4 is 0 Å². The molecule has 0 amide bonds. The summed E-state index contributed by atoms with van der Waals surface area (Å²) in [6.07, 6.45) is 0. The monoisotopic (exact) mass is 240 g/mol. The zero-order valence-corrected chi connectivity index (χ0v) is 9.66. The molecule has 2 rings (SSSR count). The fourth-order valence-corrected chi connectivity index (χ4v) is 2.87. The van der Waals surface area contributed by atoms with Crippen LogP contribution in [0.1, 0.15) is 6.92 Å². The summed E-state index contributed by atoms with van der Waals surface area (Å²) in [6, 6.07) is 8.18. The number of benzene rings is 1. The molecule has 0 atom stereocenters. The van der Waals surface area contributed by atoms with E-state index in [1.807, 2.05) is 0 Å². The van der Waals surface area contributed by atoms with Crippen molar-refractivity contribution in [2.75, 3.05) is 13.2 Å². The van der Waals surface area contributed by atoms with Crippen molar-refractivity contribution in [1.29, 1.82) is 0 Å². The molecule has 1 aromatic rings. The van der Waals surface area contributed by atoms with Gasteiger partial charge in [-0.3, -0.25) is 0 Å². The lowest BCUT2D eigenvalue weighted by Gasteiger charge is -2.19. The van der Waals surface area contributed by atoms with Crippen LogP contribution >= 0.6 is 0 Å². The van der Waals surface area contributed by atoms with E-state index in [0.717, 1.165) is 0 Å². The van der Waals surface area contributed by atoms with Gasteiger partial charge in [-0.25, -0.2) is 8.42 Å².